The molecule has 20 heavy (non-hydrogen) atoms. The summed E-state index contributed by atoms with van der Waals surface area (Å²) in [5.74, 6) is -0.537. The minimum atomic E-state index is -0.484. The van der Waals surface area contributed by atoms with Crippen molar-refractivity contribution in [1.29, 1.82) is 0 Å². The molecule has 9 nitrogen and oxygen atoms in total. The highest BCUT2D eigenvalue weighted by Gasteiger charge is 2.10. The molecule has 0 saturated heterocycles. The fourth-order valence-corrected chi connectivity index (χ4v) is 1.28. The predicted molar refractivity (Wildman–Crippen MR) is 66.1 cm³/mol. The number of aromatic amines is 1. The molecule has 1 heterocycles. The maximum Gasteiger partial charge on any atom is 0.343 e. The number of anilines is 1. The van der Waals surface area contributed by atoms with Gasteiger partial charge >= 0.3 is 5.97 Å². The van der Waals surface area contributed by atoms with Gasteiger partial charge in [-0.2, -0.15) is 5.21 Å². The van der Waals surface area contributed by atoms with E-state index in [9.17, 15) is 9.59 Å². The first-order chi connectivity index (χ1) is 9.69. The lowest BCUT2D eigenvalue weighted by atomic mass is 10.3. The molecular weight excluding hydrogens is 266 g/mol. The Kier molecular flexibility index (Phi) is 4.22. The molecule has 0 atom stereocenters. The van der Waals surface area contributed by atoms with E-state index in [1.165, 1.54) is 7.11 Å². The van der Waals surface area contributed by atoms with Crippen molar-refractivity contribution in [1.82, 2.24) is 20.6 Å². The van der Waals surface area contributed by atoms with Gasteiger partial charge in [0.25, 0.3) is 11.7 Å². The van der Waals surface area contributed by atoms with Crippen LogP contribution in [-0.4, -0.2) is 46.2 Å². The van der Waals surface area contributed by atoms with Gasteiger partial charge in [-0.15, -0.1) is 10.2 Å². The Labute approximate surface area is 113 Å². The number of ether oxygens (including phenoxy) is 2. The standard InChI is InChI=1S/C11H11N5O4/c1-19-9(17)6-20-8-4-2-7(3-5-8)12-11(18)10-13-15-16-14-10/h2-5H,6H2,1H3,(H,12,18)(H,13,14,15,16). The van der Waals surface area contributed by atoms with Crippen molar-refractivity contribution in [3.8, 4) is 5.75 Å². The molecule has 0 aliphatic carbocycles. The zero-order valence-electron chi connectivity index (χ0n) is 10.5. The number of esters is 1. The maximum atomic E-state index is 11.6. The predicted octanol–water partition coefficient (Wildman–Crippen LogP) is 0.00380. The second-order valence-corrected chi connectivity index (χ2v) is 3.58. The zero-order chi connectivity index (χ0) is 14.4. The summed E-state index contributed by atoms with van der Waals surface area (Å²) in [4.78, 5) is 22.5. The summed E-state index contributed by atoms with van der Waals surface area (Å²) in [5, 5.41) is 15.2. The van der Waals surface area contributed by atoms with E-state index < -0.39 is 11.9 Å². The Bertz CT molecular complexity index is 581. The van der Waals surface area contributed by atoms with Gasteiger partial charge in [0.05, 0.1) is 7.11 Å². The normalized spacial score (nSPS) is 9.85. The van der Waals surface area contributed by atoms with Gasteiger partial charge in [-0.1, -0.05) is 0 Å². The molecule has 9 heteroatoms. The number of H-pyrrole nitrogens is 1. The average molecular weight is 277 g/mol. The molecule has 1 aromatic heterocycles. The Balaban J connectivity index is 1.91. The smallest absolute Gasteiger partial charge is 0.343 e. The quantitative estimate of drug-likeness (QED) is 0.738. The number of rotatable bonds is 5. The summed E-state index contributed by atoms with van der Waals surface area (Å²) in [6.07, 6.45) is 0. The first-order valence-corrected chi connectivity index (χ1v) is 5.53. The van der Waals surface area contributed by atoms with E-state index >= 15 is 0 Å². The molecule has 0 fully saturated rings. The van der Waals surface area contributed by atoms with E-state index in [0.29, 0.717) is 11.4 Å². The van der Waals surface area contributed by atoms with Crippen LogP contribution >= 0.6 is 0 Å². The van der Waals surface area contributed by atoms with Crippen LogP contribution in [0.2, 0.25) is 0 Å². The minimum Gasteiger partial charge on any atom is -0.482 e. The fourth-order valence-electron chi connectivity index (χ4n) is 1.28. The van der Waals surface area contributed by atoms with Crippen LogP contribution in [0.4, 0.5) is 5.69 Å². The number of aromatic nitrogens is 4. The Morgan fingerprint density at radius 3 is 2.65 bits per heavy atom. The maximum absolute atomic E-state index is 11.6. The van der Waals surface area contributed by atoms with Crippen molar-refractivity contribution in [2.75, 3.05) is 19.0 Å². The van der Waals surface area contributed by atoms with Gasteiger partial charge in [0.2, 0.25) is 0 Å². The van der Waals surface area contributed by atoms with Gasteiger partial charge in [-0.25, -0.2) is 4.79 Å². The molecule has 0 radical (unpaired) electrons. The highest BCUT2D eigenvalue weighted by atomic mass is 16.6. The SMILES string of the molecule is COC(=O)COc1ccc(NC(=O)c2nn[nH]n2)cc1. The molecule has 104 valence electrons. The third kappa shape index (κ3) is 3.51. The highest BCUT2D eigenvalue weighted by Crippen LogP contribution is 2.16. The monoisotopic (exact) mass is 277 g/mol. The first kappa shape index (κ1) is 13.5. The molecule has 1 amide bonds. The van der Waals surface area contributed by atoms with Crippen molar-refractivity contribution in [3.05, 3.63) is 30.1 Å². The third-order valence-corrected chi connectivity index (χ3v) is 2.24. The number of hydrogen-bond donors (Lipinski definition) is 2. The van der Waals surface area contributed by atoms with Crippen molar-refractivity contribution < 1.29 is 19.1 Å². The van der Waals surface area contributed by atoms with Crippen LogP contribution in [0, 0.1) is 0 Å². The number of nitrogens with one attached hydrogen (secondary N) is 2. The Hall–Kier alpha value is -2.97. The summed E-state index contributed by atoms with van der Waals surface area (Å²) < 4.78 is 9.61. The summed E-state index contributed by atoms with van der Waals surface area (Å²) >= 11 is 0. The molecule has 0 aliphatic rings. The minimum absolute atomic E-state index is 0.0592. The van der Waals surface area contributed by atoms with E-state index in [2.05, 4.69) is 30.7 Å². The van der Waals surface area contributed by atoms with Crippen molar-refractivity contribution in [2.45, 2.75) is 0 Å². The third-order valence-electron chi connectivity index (χ3n) is 2.24. The molecule has 0 saturated carbocycles. The van der Waals surface area contributed by atoms with Crippen LogP contribution < -0.4 is 10.1 Å². The molecule has 0 bridgehead atoms. The van der Waals surface area contributed by atoms with Crippen LogP contribution in [-0.2, 0) is 9.53 Å². The lowest BCUT2D eigenvalue weighted by Crippen LogP contribution is -2.14. The fraction of sp³-hybridized carbons (Fsp3) is 0.182. The summed E-state index contributed by atoms with van der Waals surface area (Å²) in [5.41, 5.74) is 0.533. The molecular formula is C11H11N5O4. The van der Waals surface area contributed by atoms with Crippen LogP contribution in [0.1, 0.15) is 10.6 Å². The lowest BCUT2D eigenvalue weighted by molar-refractivity contribution is -0.142. The average Bonchev–Trinajstić information content (AvgIpc) is 3.00. The van der Waals surface area contributed by atoms with E-state index in [1.54, 1.807) is 24.3 Å². The van der Waals surface area contributed by atoms with Gasteiger partial charge in [0, 0.05) is 5.69 Å². The zero-order valence-corrected chi connectivity index (χ0v) is 10.5. The molecule has 2 aromatic rings. The van der Waals surface area contributed by atoms with Gasteiger partial charge in [-0.3, -0.25) is 4.79 Å². The molecule has 0 spiro atoms. The molecule has 1 aromatic carbocycles. The largest absolute Gasteiger partial charge is 0.482 e. The van der Waals surface area contributed by atoms with Crippen LogP contribution in [0.25, 0.3) is 0 Å². The van der Waals surface area contributed by atoms with Crippen LogP contribution in [0.5, 0.6) is 5.75 Å². The number of methoxy groups -OCH3 is 1. The second-order valence-electron chi connectivity index (χ2n) is 3.58. The highest BCUT2D eigenvalue weighted by molar-refractivity contribution is 6.01. The van der Waals surface area contributed by atoms with Crippen molar-refractivity contribution in [3.63, 3.8) is 0 Å². The first-order valence-electron chi connectivity index (χ1n) is 5.53. The Morgan fingerprint density at radius 2 is 2.05 bits per heavy atom. The van der Waals surface area contributed by atoms with Crippen LogP contribution in [0.3, 0.4) is 0 Å². The number of benzene rings is 1. The number of hydrogen-bond acceptors (Lipinski definition) is 7. The molecule has 0 unspecified atom stereocenters. The van der Waals surface area contributed by atoms with Gasteiger partial charge in [0.15, 0.2) is 6.61 Å². The number of tetrazole rings is 1. The molecule has 0 aliphatic heterocycles. The van der Waals surface area contributed by atoms with Crippen LogP contribution in [0.15, 0.2) is 24.3 Å². The summed E-state index contributed by atoms with van der Waals surface area (Å²) in [6.45, 7) is -0.176. The number of carbonyl (C=O) groups excluding carboxylic acids is 2. The number of amides is 1. The summed E-state index contributed by atoms with van der Waals surface area (Å²) in [6, 6.07) is 6.44. The van der Waals surface area contributed by atoms with Gasteiger partial charge < -0.3 is 14.8 Å². The van der Waals surface area contributed by atoms with E-state index in [0.717, 1.165) is 0 Å². The van der Waals surface area contributed by atoms with Crippen molar-refractivity contribution >= 4 is 17.6 Å². The Morgan fingerprint density at radius 1 is 1.30 bits per heavy atom. The topological polar surface area (TPSA) is 119 Å². The lowest BCUT2D eigenvalue weighted by Gasteiger charge is -2.06. The van der Waals surface area contributed by atoms with Gasteiger partial charge in [0.1, 0.15) is 5.75 Å². The van der Waals surface area contributed by atoms with E-state index in [4.69, 9.17) is 4.74 Å². The van der Waals surface area contributed by atoms with Crippen molar-refractivity contribution in [2.24, 2.45) is 0 Å². The number of nitrogens with zero attached hydrogens (tertiary/aromatic N) is 3. The number of carbonyl (C=O) groups is 2. The van der Waals surface area contributed by atoms with E-state index in [1.807, 2.05) is 0 Å². The molecule has 2 rings (SSSR count). The van der Waals surface area contributed by atoms with E-state index in [-0.39, 0.29) is 12.4 Å². The molecule has 2 N–H and O–H groups in total. The second kappa shape index (κ2) is 6.27. The van der Waals surface area contributed by atoms with Gasteiger partial charge in [-0.05, 0) is 29.5 Å². The summed E-state index contributed by atoms with van der Waals surface area (Å²) in [7, 11) is 1.28.